The lowest BCUT2D eigenvalue weighted by molar-refractivity contribution is -0.121. The Morgan fingerprint density at radius 1 is 1.38 bits per heavy atom. The van der Waals surface area contributed by atoms with Gasteiger partial charge in [0.25, 0.3) is 0 Å². The van der Waals surface area contributed by atoms with Crippen molar-refractivity contribution in [3.05, 3.63) is 35.9 Å². The van der Waals surface area contributed by atoms with Crippen LogP contribution in [0.15, 0.2) is 30.3 Å². The average molecular weight is 240 g/mol. The highest BCUT2D eigenvalue weighted by atomic mass is 35.5. The monoisotopic (exact) mass is 239 g/mol. The summed E-state index contributed by atoms with van der Waals surface area (Å²) in [7, 11) is 0. The molecular weight excluding hydrogens is 222 g/mol. The maximum atomic E-state index is 11.7. The SMILES string of the molecule is CCC[C@@H](Cl)C(=O)N[C@H](C)c1ccccc1. The van der Waals surface area contributed by atoms with Crippen LogP contribution in [0, 0.1) is 0 Å². The third-order valence-electron chi connectivity index (χ3n) is 2.48. The summed E-state index contributed by atoms with van der Waals surface area (Å²) in [6, 6.07) is 9.87. The molecule has 0 radical (unpaired) electrons. The van der Waals surface area contributed by atoms with Crippen LogP contribution in [0.2, 0.25) is 0 Å². The number of hydrogen-bond donors (Lipinski definition) is 1. The van der Waals surface area contributed by atoms with Crippen molar-refractivity contribution >= 4 is 17.5 Å². The van der Waals surface area contributed by atoms with Crippen LogP contribution in [0.4, 0.5) is 0 Å². The van der Waals surface area contributed by atoms with Gasteiger partial charge in [0.1, 0.15) is 5.38 Å². The number of benzene rings is 1. The Morgan fingerprint density at radius 3 is 2.56 bits per heavy atom. The van der Waals surface area contributed by atoms with Gasteiger partial charge >= 0.3 is 0 Å². The molecule has 0 aliphatic heterocycles. The molecule has 0 fully saturated rings. The molecule has 1 rings (SSSR count). The highest BCUT2D eigenvalue weighted by Crippen LogP contribution is 2.13. The summed E-state index contributed by atoms with van der Waals surface area (Å²) in [5.41, 5.74) is 1.09. The van der Waals surface area contributed by atoms with E-state index in [1.54, 1.807) is 0 Å². The molecule has 1 aromatic carbocycles. The average Bonchev–Trinajstić information content (AvgIpc) is 2.30. The molecule has 0 aliphatic carbocycles. The van der Waals surface area contributed by atoms with Gasteiger partial charge in [-0.05, 0) is 18.9 Å². The van der Waals surface area contributed by atoms with E-state index in [-0.39, 0.29) is 11.9 Å². The molecule has 1 N–H and O–H groups in total. The number of carbonyl (C=O) groups excluding carboxylic acids is 1. The topological polar surface area (TPSA) is 29.1 Å². The number of amides is 1. The van der Waals surface area contributed by atoms with E-state index in [0.717, 1.165) is 18.4 Å². The molecule has 0 bridgehead atoms. The molecule has 3 heteroatoms. The van der Waals surface area contributed by atoms with Crippen LogP contribution in [-0.4, -0.2) is 11.3 Å². The Labute approximate surface area is 102 Å². The van der Waals surface area contributed by atoms with Crippen LogP contribution in [0.3, 0.4) is 0 Å². The molecule has 2 nitrogen and oxygen atoms in total. The van der Waals surface area contributed by atoms with Crippen LogP contribution < -0.4 is 5.32 Å². The van der Waals surface area contributed by atoms with Crippen LogP contribution in [0.5, 0.6) is 0 Å². The van der Waals surface area contributed by atoms with Gasteiger partial charge in [-0.3, -0.25) is 4.79 Å². The van der Waals surface area contributed by atoms with E-state index in [4.69, 9.17) is 11.6 Å². The van der Waals surface area contributed by atoms with Gasteiger partial charge in [0.15, 0.2) is 0 Å². The second-order valence-electron chi connectivity index (χ2n) is 3.90. The summed E-state index contributed by atoms with van der Waals surface area (Å²) in [6.07, 6.45) is 1.64. The minimum Gasteiger partial charge on any atom is -0.348 e. The molecule has 16 heavy (non-hydrogen) atoms. The largest absolute Gasteiger partial charge is 0.348 e. The van der Waals surface area contributed by atoms with Crippen molar-refractivity contribution in [1.29, 1.82) is 0 Å². The van der Waals surface area contributed by atoms with Crippen LogP contribution in [0.25, 0.3) is 0 Å². The Balaban J connectivity index is 2.51. The normalized spacial score (nSPS) is 14.2. The summed E-state index contributed by atoms with van der Waals surface area (Å²) in [5.74, 6) is -0.0835. The van der Waals surface area contributed by atoms with Gasteiger partial charge < -0.3 is 5.32 Å². The number of carbonyl (C=O) groups is 1. The molecule has 0 spiro atoms. The van der Waals surface area contributed by atoms with E-state index >= 15 is 0 Å². The molecule has 0 aliphatic rings. The first-order valence-corrected chi connectivity index (χ1v) is 6.08. The van der Waals surface area contributed by atoms with Gasteiger partial charge in [-0.15, -0.1) is 11.6 Å². The predicted octanol–water partition coefficient (Wildman–Crippen LogP) is 3.27. The van der Waals surface area contributed by atoms with E-state index in [0.29, 0.717) is 0 Å². The van der Waals surface area contributed by atoms with Crippen LogP contribution >= 0.6 is 11.6 Å². The lowest BCUT2D eigenvalue weighted by Crippen LogP contribution is -2.33. The Hall–Kier alpha value is -1.02. The van der Waals surface area contributed by atoms with Gasteiger partial charge in [0.05, 0.1) is 6.04 Å². The first-order chi connectivity index (χ1) is 7.65. The molecule has 0 unspecified atom stereocenters. The first kappa shape index (κ1) is 13.0. The standard InChI is InChI=1S/C13H18ClNO/c1-3-7-12(14)13(16)15-10(2)11-8-5-4-6-9-11/h4-6,8-10,12H,3,7H2,1-2H3,(H,15,16)/t10-,12-/m1/s1. The zero-order valence-corrected chi connectivity index (χ0v) is 10.5. The zero-order chi connectivity index (χ0) is 12.0. The molecule has 1 amide bonds. The first-order valence-electron chi connectivity index (χ1n) is 5.64. The van der Waals surface area contributed by atoms with Gasteiger partial charge in [0, 0.05) is 0 Å². The number of hydrogen-bond acceptors (Lipinski definition) is 1. The van der Waals surface area contributed by atoms with Crippen LogP contribution in [-0.2, 0) is 4.79 Å². The highest BCUT2D eigenvalue weighted by molar-refractivity contribution is 6.30. The number of halogens is 1. The quantitative estimate of drug-likeness (QED) is 0.785. The minimum atomic E-state index is -0.420. The fraction of sp³-hybridized carbons (Fsp3) is 0.462. The van der Waals surface area contributed by atoms with E-state index < -0.39 is 5.38 Å². The lowest BCUT2D eigenvalue weighted by atomic mass is 10.1. The second-order valence-corrected chi connectivity index (χ2v) is 4.42. The summed E-state index contributed by atoms with van der Waals surface area (Å²) in [6.45, 7) is 3.98. The van der Waals surface area contributed by atoms with Crippen molar-refractivity contribution in [3.8, 4) is 0 Å². The molecular formula is C13H18ClNO. The zero-order valence-electron chi connectivity index (χ0n) is 9.74. The number of alkyl halides is 1. The minimum absolute atomic E-state index is 0.00630. The summed E-state index contributed by atoms with van der Waals surface area (Å²) >= 11 is 5.95. The summed E-state index contributed by atoms with van der Waals surface area (Å²) < 4.78 is 0. The summed E-state index contributed by atoms with van der Waals surface area (Å²) in [4.78, 5) is 11.7. The maximum Gasteiger partial charge on any atom is 0.238 e. The third kappa shape index (κ3) is 3.86. The molecule has 0 heterocycles. The Morgan fingerprint density at radius 2 is 2.00 bits per heavy atom. The van der Waals surface area contributed by atoms with E-state index in [9.17, 15) is 4.79 Å². The fourth-order valence-corrected chi connectivity index (χ4v) is 1.79. The Bertz CT molecular complexity index is 326. The van der Waals surface area contributed by atoms with Crippen molar-refractivity contribution in [2.24, 2.45) is 0 Å². The van der Waals surface area contributed by atoms with Gasteiger partial charge in [-0.25, -0.2) is 0 Å². The molecule has 0 aromatic heterocycles. The number of nitrogens with one attached hydrogen (secondary N) is 1. The van der Waals surface area contributed by atoms with E-state index in [1.807, 2.05) is 44.2 Å². The van der Waals surface area contributed by atoms with Crippen molar-refractivity contribution in [1.82, 2.24) is 5.32 Å². The van der Waals surface area contributed by atoms with Gasteiger partial charge in [0.2, 0.25) is 5.91 Å². The number of rotatable bonds is 5. The van der Waals surface area contributed by atoms with Crippen LogP contribution in [0.1, 0.15) is 38.3 Å². The third-order valence-corrected chi connectivity index (χ3v) is 2.90. The predicted molar refractivity (Wildman–Crippen MR) is 67.5 cm³/mol. The lowest BCUT2D eigenvalue weighted by Gasteiger charge is -2.16. The maximum absolute atomic E-state index is 11.7. The highest BCUT2D eigenvalue weighted by Gasteiger charge is 2.16. The molecule has 0 saturated heterocycles. The summed E-state index contributed by atoms with van der Waals surface area (Å²) in [5, 5.41) is 2.49. The molecule has 2 atom stereocenters. The molecule has 1 aromatic rings. The molecule has 0 saturated carbocycles. The molecule has 88 valence electrons. The van der Waals surface area contributed by atoms with Gasteiger partial charge in [-0.1, -0.05) is 43.7 Å². The second kappa shape index (κ2) is 6.54. The van der Waals surface area contributed by atoms with Crippen molar-refractivity contribution < 1.29 is 4.79 Å². The van der Waals surface area contributed by atoms with E-state index in [1.165, 1.54) is 0 Å². The fourth-order valence-electron chi connectivity index (χ4n) is 1.51. The van der Waals surface area contributed by atoms with Crippen molar-refractivity contribution in [2.45, 2.75) is 38.1 Å². The Kier molecular flexibility index (Phi) is 5.33. The van der Waals surface area contributed by atoms with E-state index in [2.05, 4.69) is 5.32 Å². The van der Waals surface area contributed by atoms with Crippen molar-refractivity contribution in [3.63, 3.8) is 0 Å². The smallest absolute Gasteiger partial charge is 0.238 e. The van der Waals surface area contributed by atoms with Crippen molar-refractivity contribution in [2.75, 3.05) is 0 Å². The van der Waals surface area contributed by atoms with Gasteiger partial charge in [-0.2, -0.15) is 0 Å².